The van der Waals surface area contributed by atoms with Crippen molar-refractivity contribution < 1.29 is 9.59 Å². The second kappa shape index (κ2) is 7.81. The SMILES string of the molecule is NC(=O)[C@H]1CCCN(CC(=O)NCc2ccc(Cl)cc2Cl)C1. The number of likely N-dealkylation sites (tertiary alicyclic amines) is 1. The minimum absolute atomic E-state index is 0.101. The predicted octanol–water partition coefficient (Wildman–Crippen LogP) is 1.81. The molecule has 1 saturated heterocycles. The zero-order valence-corrected chi connectivity index (χ0v) is 13.7. The van der Waals surface area contributed by atoms with Crippen molar-refractivity contribution >= 4 is 35.0 Å². The first kappa shape index (κ1) is 17.1. The van der Waals surface area contributed by atoms with Crippen LogP contribution in [0.4, 0.5) is 0 Å². The van der Waals surface area contributed by atoms with Gasteiger partial charge in [0.15, 0.2) is 0 Å². The number of halogens is 2. The Bertz CT molecular complexity index is 566. The van der Waals surface area contributed by atoms with E-state index in [9.17, 15) is 9.59 Å². The van der Waals surface area contributed by atoms with Crippen LogP contribution in [0.15, 0.2) is 18.2 Å². The Morgan fingerprint density at radius 2 is 2.14 bits per heavy atom. The number of benzene rings is 1. The highest BCUT2D eigenvalue weighted by atomic mass is 35.5. The monoisotopic (exact) mass is 343 g/mol. The van der Waals surface area contributed by atoms with Crippen molar-refractivity contribution in [2.75, 3.05) is 19.6 Å². The van der Waals surface area contributed by atoms with Crippen LogP contribution in [-0.4, -0.2) is 36.3 Å². The number of hydrogen-bond donors (Lipinski definition) is 2. The number of hydrogen-bond acceptors (Lipinski definition) is 3. The van der Waals surface area contributed by atoms with Crippen LogP contribution in [0.25, 0.3) is 0 Å². The molecule has 1 aromatic carbocycles. The Labute approximate surface area is 139 Å². The molecule has 0 spiro atoms. The Balaban J connectivity index is 1.81. The molecule has 1 aromatic rings. The molecule has 22 heavy (non-hydrogen) atoms. The van der Waals surface area contributed by atoms with Crippen molar-refractivity contribution in [1.82, 2.24) is 10.2 Å². The van der Waals surface area contributed by atoms with E-state index in [2.05, 4.69) is 5.32 Å². The lowest BCUT2D eigenvalue weighted by molar-refractivity contribution is -0.126. The normalized spacial score (nSPS) is 18.9. The van der Waals surface area contributed by atoms with Gasteiger partial charge in [0, 0.05) is 23.1 Å². The molecule has 2 amide bonds. The molecular formula is C15H19Cl2N3O2. The van der Waals surface area contributed by atoms with Crippen LogP contribution in [0.1, 0.15) is 18.4 Å². The summed E-state index contributed by atoms with van der Waals surface area (Å²) in [6.07, 6.45) is 1.68. The van der Waals surface area contributed by atoms with E-state index in [1.807, 2.05) is 4.90 Å². The molecule has 1 atom stereocenters. The molecule has 7 heteroatoms. The minimum atomic E-state index is -0.293. The van der Waals surface area contributed by atoms with E-state index in [-0.39, 0.29) is 24.3 Å². The maximum Gasteiger partial charge on any atom is 0.234 e. The lowest BCUT2D eigenvalue weighted by Crippen LogP contribution is -2.45. The van der Waals surface area contributed by atoms with Crippen LogP contribution >= 0.6 is 23.2 Å². The number of carbonyl (C=O) groups excluding carboxylic acids is 2. The van der Waals surface area contributed by atoms with Crippen LogP contribution in [0, 0.1) is 5.92 Å². The molecule has 0 saturated carbocycles. The highest BCUT2D eigenvalue weighted by Crippen LogP contribution is 2.20. The summed E-state index contributed by atoms with van der Waals surface area (Å²) in [5, 5.41) is 3.91. The second-order valence-electron chi connectivity index (χ2n) is 5.49. The quantitative estimate of drug-likeness (QED) is 0.855. The van der Waals surface area contributed by atoms with Crippen LogP contribution in [0.2, 0.25) is 10.0 Å². The Hall–Kier alpha value is -1.30. The summed E-state index contributed by atoms with van der Waals surface area (Å²) in [4.78, 5) is 25.2. The number of nitrogens with one attached hydrogen (secondary N) is 1. The molecule has 0 bridgehead atoms. The van der Waals surface area contributed by atoms with Crippen LogP contribution in [0.5, 0.6) is 0 Å². The predicted molar refractivity (Wildman–Crippen MR) is 86.7 cm³/mol. The molecule has 5 nitrogen and oxygen atoms in total. The summed E-state index contributed by atoms with van der Waals surface area (Å²) in [6.45, 7) is 1.96. The van der Waals surface area contributed by atoms with E-state index >= 15 is 0 Å². The first-order valence-electron chi connectivity index (χ1n) is 7.18. The van der Waals surface area contributed by atoms with Crippen molar-refractivity contribution in [3.05, 3.63) is 33.8 Å². The summed E-state index contributed by atoms with van der Waals surface area (Å²) in [5.41, 5.74) is 6.15. The fraction of sp³-hybridized carbons (Fsp3) is 0.467. The number of amides is 2. The molecule has 3 N–H and O–H groups in total. The van der Waals surface area contributed by atoms with Crippen molar-refractivity contribution in [2.45, 2.75) is 19.4 Å². The number of rotatable bonds is 5. The molecule has 1 heterocycles. The minimum Gasteiger partial charge on any atom is -0.369 e. The molecule has 0 aliphatic carbocycles. The number of piperidine rings is 1. The summed E-state index contributed by atoms with van der Waals surface area (Å²) < 4.78 is 0. The van der Waals surface area contributed by atoms with Crippen molar-refractivity contribution in [3.8, 4) is 0 Å². The van der Waals surface area contributed by atoms with Gasteiger partial charge in [-0.2, -0.15) is 0 Å². The zero-order chi connectivity index (χ0) is 16.1. The van der Waals surface area contributed by atoms with E-state index in [0.29, 0.717) is 23.1 Å². The highest BCUT2D eigenvalue weighted by Gasteiger charge is 2.24. The van der Waals surface area contributed by atoms with Crippen molar-refractivity contribution in [2.24, 2.45) is 11.7 Å². The molecule has 1 fully saturated rings. The molecule has 1 aliphatic heterocycles. The molecule has 120 valence electrons. The summed E-state index contributed by atoms with van der Waals surface area (Å²) >= 11 is 11.9. The molecule has 0 aromatic heterocycles. The Morgan fingerprint density at radius 1 is 1.36 bits per heavy atom. The van der Waals surface area contributed by atoms with Crippen molar-refractivity contribution in [3.63, 3.8) is 0 Å². The van der Waals surface area contributed by atoms with Gasteiger partial charge in [0.25, 0.3) is 0 Å². The smallest absolute Gasteiger partial charge is 0.234 e. The van der Waals surface area contributed by atoms with Gasteiger partial charge in [0.2, 0.25) is 11.8 Å². The average molecular weight is 344 g/mol. The van der Waals surface area contributed by atoms with E-state index in [0.717, 1.165) is 24.9 Å². The van der Waals surface area contributed by atoms with Gasteiger partial charge in [-0.3, -0.25) is 14.5 Å². The topological polar surface area (TPSA) is 75.4 Å². The standard InChI is InChI=1S/C15H19Cl2N3O2/c16-12-4-3-10(13(17)6-12)7-19-14(21)9-20-5-1-2-11(8-20)15(18)22/h3-4,6,11H,1-2,5,7-9H2,(H2,18,22)(H,19,21)/t11-/m0/s1. The van der Waals surface area contributed by atoms with Crippen LogP contribution < -0.4 is 11.1 Å². The van der Waals surface area contributed by atoms with Gasteiger partial charge in [-0.05, 0) is 37.1 Å². The highest BCUT2D eigenvalue weighted by molar-refractivity contribution is 6.35. The largest absolute Gasteiger partial charge is 0.369 e. The van der Waals surface area contributed by atoms with Gasteiger partial charge in [0.05, 0.1) is 12.5 Å². The van der Waals surface area contributed by atoms with Crippen molar-refractivity contribution in [1.29, 1.82) is 0 Å². The third kappa shape index (κ3) is 4.87. The second-order valence-corrected chi connectivity index (χ2v) is 6.33. The number of primary amides is 1. The summed E-state index contributed by atoms with van der Waals surface area (Å²) in [5.74, 6) is -0.554. The maximum atomic E-state index is 12.0. The third-order valence-corrected chi connectivity index (χ3v) is 4.35. The average Bonchev–Trinajstić information content (AvgIpc) is 2.46. The molecule has 1 aliphatic rings. The van der Waals surface area contributed by atoms with E-state index in [1.54, 1.807) is 18.2 Å². The number of nitrogens with zero attached hydrogens (tertiary/aromatic N) is 1. The molecule has 2 rings (SSSR count). The van der Waals surface area contributed by atoms with Gasteiger partial charge in [-0.15, -0.1) is 0 Å². The van der Waals surface area contributed by atoms with Gasteiger partial charge >= 0.3 is 0 Å². The lowest BCUT2D eigenvalue weighted by atomic mass is 9.97. The number of carbonyl (C=O) groups is 2. The molecular weight excluding hydrogens is 325 g/mol. The molecule has 0 unspecified atom stereocenters. The summed E-state index contributed by atoms with van der Waals surface area (Å²) in [6, 6.07) is 5.17. The first-order chi connectivity index (χ1) is 10.5. The fourth-order valence-electron chi connectivity index (χ4n) is 2.55. The first-order valence-corrected chi connectivity index (χ1v) is 7.93. The van der Waals surface area contributed by atoms with Gasteiger partial charge < -0.3 is 11.1 Å². The van der Waals surface area contributed by atoms with E-state index in [1.165, 1.54) is 0 Å². The van der Waals surface area contributed by atoms with E-state index in [4.69, 9.17) is 28.9 Å². The Morgan fingerprint density at radius 3 is 2.82 bits per heavy atom. The number of nitrogens with two attached hydrogens (primary N) is 1. The van der Waals surface area contributed by atoms with E-state index < -0.39 is 0 Å². The van der Waals surface area contributed by atoms with Crippen LogP contribution in [-0.2, 0) is 16.1 Å². The lowest BCUT2D eigenvalue weighted by Gasteiger charge is -2.30. The summed E-state index contributed by atoms with van der Waals surface area (Å²) in [7, 11) is 0. The Kier molecular flexibility index (Phi) is 6.06. The zero-order valence-electron chi connectivity index (χ0n) is 12.1. The maximum absolute atomic E-state index is 12.0. The molecule has 0 radical (unpaired) electrons. The van der Waals surface area contributed by atoms with Gasteiger partial charge in [-0.1, -0.05) is 29.3 Å². The van der Waals surface area contributed by atoms with Gasteiger partial charge in [-0.25, -0.2) is 0 Å². The van der Waals surface area contributed by atoms with Gasteiger partial charge in [0.1, 0.15) is 0 Å². The fourth-order valence-corrected chi connectivity index (χ4v) is 3.02. The van der Waals surface area contributed by atoms with Crippen LogP contribution in [0.3, 0.4) is 0 Å². The third-order valence-electron chi connectivity index (χ3n) is 3.77.